The van der Waals surface area contributed by atoms with Gasteiger partial charge in [-0.2, -0.15) is 11.8 Å². The fourth-order valence-electron chi connectivity index (χ4n) is 1.64. The maximum Gasteiger partial charge on any atom is 0.272 e. The zero-order valence-corrected chi connectivity index (χ0v) is 10.2. The molecule has 0 aliphatic carbocycles. The van der Waals surface area contributed by atoms with Gasteiger partial charge in [0, 0.05) is 6.20 Å². The molecule has 0 radical (unpaired) electrons. The molecule has 1 aliphatic rings. The average Bonchev–Trinajstić information content (AvgIpc) is 2.45. The van der Waals surface area contributed by atoms with Crippen molar-refractivity contribution in [3.63, 3.8) is 0 Å². The normalized spacial score (nSPS) is 19.0. The summed E-state index contributed by atoms with van der Waals surface area (Å²) in [5, 5.41) is 5.41. The minimum Gasteiger partial charge on any atom is -0.339 e. The van der Waals surface area contributed by atoms with Crippen LogP contribution in [0, 0.1) is 0 Å². The highest BCUT2D eigenvalue weighted by Crippen LogP contribution is 2.16. The van der Waals surface area contributed by atoms with Crippen molar-refractivity contribution in [3.8, 4) is 0 Å². The van der Waals surface area contributed by atoms with Gasteiger partial charge in [-0.1, -0.05) is 0 Å². The van der Waals surface area contributed by atoms with Crippen LogP contribution in [0.2, 0.25) is 0 Å². The molecule has 1 aromatic rings. The van der Waals surface area contributed by atoms with Crippen molar-refractivity contribution < 1.29 is 9.59 Å². The third-order valence-electron chi connectivity index (χ3n) is 2.51. The molecule has 0 saturated heterocycles. The fourth-order valence-corrected chi connectivity index (χ4v) is 2.11. The van der Waals surface area contributed by atoms with Gasteiger partial charge >= 0.3 is 0 Å². The first-order valence-corrected chi connectivity index (χ1v) is 6.67. The molecule has 0 fully saturated rings. The summed E-state index contributed by atoms with van der Waals surface area (Å²) in [6, 6.07) is 2.88. The number of carbonyl (C=O) groups excluding carboxylic acids is 2. The van der Waals surface area contributed by atoms with E-state index >= 15 is 0 Å². The van der Waals surface area contributed by atoms with E-state index in [1.165, 1.54) is 6.20 Å². The average molecular weight is 251 g/mol. The highest BCUT2D eigenvalue weighted by Gasteiger charge is 2.27. The monoisotopic (exact) mass is 251 g/mol. The predicted octanol–water partition coefficient (Wildman–Crippen LogP) is 0.885. The van der Waals surface area contributed by atoms with Crippen LogP contribution in [0.3, 0.4) is 0 Å². The summed E-state index contributed by atoms with van der Waals surface area (Å²) < 4.78 is 0. The number of fused-ring (bicyclic) bond motifs is 1. The first-order valence-electron chi connectivity index (χ1n) is 5.28. The summed E-state index contributed by atoms with van der Waals surface area (Å²) in [6.45, 7) is 0. The number of pyridine rings is 1. The molecule has 2 heterocycles. The van der Waals surface area contributed by atoms with E-state index in [0.29, 0.717) is 12.1 Å². The van der Waals surface area contributed by atoms with Crippen LogP contribution in [0.15, 0.2) is 18.3 Å². The highest BCUT2D eigenvalue weighted by atomic mass is 32.2. The summed E-state index contributed by atoms with van der Waals surface area (Å²) in [6.07, 6.45) is 4.12. The molecule has 17 heavy (non-hydrogen) atoms. The Kier molecular flexibility index (Phi) is 3.63. The van der Waals surface area contributed by atoms with Gasteiger partial charge in [-0.3, -0.25) is 9.59 Å². The molecule has 5 nitrogen and oxygen atoms in total. The Labute approximate surface area is 103 Å². The van der Waals surface area contributed by atoms with Crippen molar-refractivity contribution in [2.24, 2.45) is 0 Å². The van der Waals surface area contributed by atoms with Gasteiger partial charge in [-0.25, -0.2) is 4.98 Å². The molecule has 1 atom stereocenters. The van der Waals surface area contributed by atoms with Gasteiger partial charge in [0.25, 0.3) is 5.91 Å². The molecular weight excluding hydrogens is 238 g/mol. The molecule has 0 bridgehead atoms. The molecule has 0 unspecified atom stereocenters. The molecule has 0 spiro atoms. The molecule has 2 N–H and O–H groups in total. The molecule has 2 rings (SSSR count). The molecule has 0 saturated carbocycles. The van der Waals surface area contributed by atoms with Gasteiger partial charge < -0.3 is 10.6 Å². The van der Waals surface area contributed by atoms with E-state index in [4.69, 9.17) is 0 Å². The molecule has 2 amide bonds. The third-order valence-corrected chi connectivity index (χ3v) is 3.16. The molecule has 90 valence electrons. The van der Waals surface area contributed by atoms with Gasteiger partial charge in [0.15, 0.2) is 5.69 Å². The largest absolute Gasteiger partial charge is 0.339 e. The van der Waals surface area contributed by atoms with Gasteiger partial charge in [0.1, 0.15) is 6.04 Å². The first-order chi connectivity index (χ1) is 8.22. The van der Waals surface area contributed by atoms with Crippen LogP contribution in [-0.4, -0.2) is 34.8 Å². The number of hydrogen-bond acceptors (Lipinski definition) is 4. The smallest absolute Gasteiger partial charge is 0.272 e. The third kappa shape index (κ3) is 2.58. The number of carbonyl (C=O) groups is 2. The SMILES string of the molecule is CSCC[C@@H]1NC(=O)c2ncccc2NC1=O. The second-order valence-electron chi connectivity index (χ2n) is 3.70. The minimum atomic E-state index is -0.482. The van der Waals surface area contributed by atoms with E-state index in [0.717, 1.165) is 5.75 Å². The Morgan fingerprint density at radius 3 is 3.06 bits per heavy atom. The van der Waals surface area contributed by atoms with Crippen molar-refractivity contribution in [1.82, 2.24) is 10.3 Å². The number of nitrogens with one attached hydrogen (secondary N) is 2. The highest BCUT2D eigenvalue weighted by molar-refractivity contribution is 7.98. The van der Waals surface area contributed by atoms with Crippen molar-refractivity contribution in [2.75, 3.05) is 17.3 Å². The van der Waals surface area contributed by atoms with E-state index < -0.39 is 6.04 Å². The van der Waals surface area contributed by atoms with Crippen LogP contribution in [0.1, 0.15) is 16.9 Å². The lowest BCUT2D eigenvalue weighted by atomic mass is 10.2. The first kappa shape index (κ1) is 11.9. The number of hydrogen-bond donors (Lipinski definition) is 2. The van der Waals surface area contributed by atoms with E-state index in [2.05, 4.69) is 15.6 Å². The van der Waals surface area contributed by atoms with E-state index in [1.807, 2.05) is 6.26 Å². The van der Waals surface area contributed by atoms with Crippen LogP contribution in [0.25, 0.3) is 0 Å². The standard InChI is InChI=1S/C11H13N3O2S/c1-17-6-4-8-10(15)13-7-3-2-5-12-9(7)11(16)14-8/h2-3,5,8H,4,6H2,1H3,(H,13,15)(H,14,16)/t8-/m0/s1. The van der Waals surface area contributed by atoms with Gasteiger partial charge in [0.2, 0.25) is 5.91 Å². The Bertz CT molecular complexity index is 450. The van der Waals surface area contributed by atoms with E-state index in [1.54, 1.807) is 23.9 Å². The van der Waals surface area contributed by atoms with E-state index in [9.17, 15) is 9.59 Å². The number of thioether (sulfide) groups is 1. The van der Waals surface area contributed by atoms with Crippen LogP contribution < -0.4 is 10.6 Å². The second-order valence-corrected chi connectivity index (χ2v) is 4.68. The van der Waals surface area contributed by atoms with Crippen molar-refractivity contribution >= 4 is 29.3 Å². The summed E-state index contributed by atoms with van der Waals surface area (Å²) in [5.74, 6) is 0.339. The second kappa shape index (κ2) is 5.18. The van der Waals surface area contributed by atoms with Crippen molar-refractivity contribution in [3.05, 3.63) is 24.0 Å². The zero-order valence-electron chi connectivity index (χ0n) is 9.40. The van der Waals surface area contributed by atoms with E-state index in [-0.39, 0.29) is 17.5 Å². The maximum atomic E-state index is 11.9. The lowest BCUT2D eigenvalue weighted by Gasteiger charge is -2.13. The maximum absolute atomic E-state index is 11.9. The quantitative estimate of drug-likeness (QED) is 0.836. The fraction of sp³-hybridized carbons (Fsp3) is 0.364. The minimum absolute atomic E-state index is 0.181. The molecule has 6 heteroatoms. The Morgan fingerprint density at radius 2 is 2.29 bits per heavy atom. The summed E-state index contributed by atoms with van der Waals surface area (Å²) in [4.78, 5) is 27.7. The summed E-state index contributed by atoms with van der Waals surface area (Å²) >= 11 is 1.64. The Balaban J connectivity index is 2.22. The van der Waals surface area contributed by atoms with Gasteiger partial charge in [0.05, 0.1) is 5.69 Å². The number of rotatable bonds is 3. The number of amides is 2. The predicted molar refractivity (Wildman–Crippen MR) is 67.1 cm³/mol. The van der Waals surface area contributed by atoms with Crippen LogP contribution in [0.4, 0.5) is 5.69 Å². The summed E-state index contributed by atoms with van der Waals surface area (Å²) in [7, 11) is 0. The molecule has 0 aromatic carbocycles. The molecular formula is C11H13N3O2S. The number of aromatic nitrogens is 1. The van der Waals surface area contributed by atoms with Gasteiger partial charge in [-0.05, 0) is 30.6 Å². The molecule has 1 aliphatic heterocycles. The Hall–Kier alpha value is -1.56. The van der Waals surface area contributed by atoms with Gasteiger partial charge in [-0.15, -0.1) is 0 Å². The van der Waals surface area contributed by atoms with Crippen LogP contribution >= 0.6 is 11.8 Å². The van der Waals surface area contributed by atoms with Crippen molar-refractivity contribution in [1.29, 1.82) is 0 Å². The van der Waals surface area contributed by atoms with Crippen molar-refractivity contribution in [2.45, 2.75) is 12.5 Å². The number of anilines is 1. The lowest BCUT2D eigenvalue weighted by molar-refractivity contribution is -0.117. The molecule has 1 aromatic heterocycles. The summed E-state index contributed by atoms with van der Waals surface area (Å²) in [5.41, 5.74) is 0.745. The Morgan fingerprint density at radius 1 is 1.47 bits per heavy atom. The zero-order chi connectivity index (χ0) is 12.3. The topological polar surface area (TPSA) is 71.1 Å². The van der Waals surface area contributed by atoms with Crippen LogP contribution in [-0.2, 0) is 4.79 Å². The number of nitrogens with zero attached hydrogens (tertiary/aromatic N) is 1. The van der Waals surface area contributed by atoms with Crippen LogP contribution in [0.5, 0.6) is 0 Å². The lowest BCUT2D eigenvalue weighted by Crippen LogP contribution is -2.41.